The van der Waals surface area contributed by atoms with Gasteiger partial charge in [-0.1, -0.05) is 15.9 Å². The number of nitrogens with one attached hydrogen (secondary N) is 1. The number of hydrogen-bond acceptors (Lipinski definition) is 4. The zero-order valence-corrected chi connectivity index (χ0v) is 13.5. The number of rotatable bonds is 3. The van der Waals surface area contributed by atoms with E-state index in [1.165, 1.54) is 0 Å². The number of phenols is 1. The largest absolute Gasteiger partial charge is 0.508 e. The first-order chi connectivity index (χ1) is 10.1. The van der Waals surface area contributed by atoms with Crippen LogP contribution in [0.15, 0.2) is 35.1 Å². The van der Waals surface area contributed by atoms with Crippen molar-refractivity contribution in [3.05, 3.63) is 46.5 Å². The molecule has 0 radical (unpaired) electrons. The molecule has 1 unspecified atom stereocenters. The Hall–Kier alpha value is -1.37. The predicted octanol–water partition coefficient (Wildman–Crippen LogP) is 2.03. The molecule has 0 spiro atoms. The molecule has 2 N–H and O–H groups in total. The van der Waals surface area contributed by atoms with Crippen LogP contribution in [0.3, 0.4) is 0 Å². The second kappa shape index (κ2) is 6.17. The van der Waals surface area contributed by atoms with Crippen LogP contribution < -0.4 is 5.32 Å². The van der Waals surface area contributed by atoms with Crippen molar-refractivity contribution in [3.63, 3.8) is 0 Å². The van der Waals surface area contributed by atoms with E-state index in [1.807, 2.05) is 31.6 Å². The molecule has 5 nitrogen and oxygen atoms in total. The highest BCUT2D eigenvalue weighted by Crippen LogP contribution is 2.27. The second-order valence-electron chi connectivity index (χ2n) is 5.36. The van der Waals surface area contributed by atoms with Crippen molar-refractivity contribution in [2.75, 3.05) is 19.6 Å². The van der Waals surface area contributed by atoms with Crippen LogP contribution in [-0.4, -0.2) is 39.2 Å². The Morgan fingerprint density at radius 2 is 2.33 bits per heavy atom. The molecule has 21 heavy (non-hydrogen) atoms. The number of hydrogen-bond donors (Lipinski definition) is 2. The zero-order chi connectivity index (χ0) is 14.8. The quantitative estimate of drug-likeness (QED) is 0.889. The van der Waals surface area contributed by atoms with Gasteiger partial charge in [0.15, 0.2) is 0 Å². The number of aromatic hydroxyl groups is 1. The summed E-state index contributed by atoms with van der Waals surface area (Å²) in [5.41, 5.74) is 1.09. The van der Waals surface area contributed by atoms with Gasteiger partial charge in [-0.3, -0.25) is 4.90 Å². The van der Waals surface area contributed by atoms with Crippen LogP contribution in [0.5, 0.6) is 5.75 Å². The number of piperazine rings is 1. The van der Waals surface area contributed by atoms with E-state index in [1.54, 1.807) is 6.07 Å². The molecule has 112 valence electrons. The van der Waals surface area contributed by atoms with Gasteiger partial charge in [0.25, 0.3) is 0 Å². The van der Waals surface area contributed by atoms with Gasteiger partial charge < -0.3 is 15.0 Å². The van der Waals surface area contributed by atoms with Crippen molar-refractivity contribution in [1.82, 2.24) is 19.8 Å². The fourth-order valence-corrected chi connectivity index (χ4v) is 3.16. The normalized spacial score (nSPS) is 19.8. The summed E-state index contributed by atoms with van der Waals surface area (Å²) in [6.07, 6.45) is 3.82. The Morgan fingerprint density at radius 1 is 1.48 bits per heavy atom. The van der Waals surface area contributed by atoms with E-state index in [4.69, 9.17) is 0 Å². The highest BCUT2D eigenvalue weighted by Gasteiger charge is 2.27. The second-order valence-corrected chi connectivity index (χ2v) is 6.22. The maximum atomic E-state index is 9.69. The highest BCUT2D eigenvalue weighted by atomic mass is 79.9. The SMILES string of the molecule is Cn1ccnc1C1CNCCN1Cc1cc(O)ccc1Br. The topological polar surface area (TPSA) is 53.3 Å². The van der Waals surface area contributed by atoms with E-state index >= 15 is 0 Å². The van der Waals surface area contributed by atoms with Gasteiger partial charge in [-0.15, -0.1) is 0 Å². The maximum Gasteiger partial charge on any atom is 0.127 e. The minimum absolute atomic E-state index is 0.244. The summed E-state index contributed by atoms with van der Waals surface area (Å²) in [5, 5.41) is 13.1. The smallest absolute Gasteiger partial charge is 0.127 e. The first-order valence-corrected chi connectivity index (χ1v) is 7.84. The van der Waals surface area contributed by atoms with E-state index in [-0.39, 0.29) is 6.04 Å². The molecule has 1 fully saturated rings. The fraction of sp³-hybridized carbons (Fsp3) is 0.400. The average molecular weight is 351 g/mol. The van der Waals surface area contributed by atoms with Gasteiger partial charge >= 0.3 is 0 Å². The van der Waals surface area contributed by atoms with Crippen LogP contribution in [0.1, 0.15) is 17.4 Å². The van der Waals surface area contributed by atoms with Gasteiger partial charge in [0, 0.05) is 50.1 Å². The third-order valence-electron chi connectivity index (χ3n) is 3.91. The molecule has 1 aliphatic rings. The molecule has 0 saturated carbocycles. The molecular weight excluding hydrogens is 332 g/mol. The molecule has 2 aromatic rings. The zero-order valence-electron chi connectivity index (χ0n) is 12.0. The number of phenolic OH excluding ortho intramolecular Hbond substituents is 1. The molecule has 0 aliphatic carbocycles. The van der Waals surface area contributed by atoms with Gasteiger partial charge in [0.05, 0.1) is 6.04 Å². The van der Waals surface area contributed by atoms with Crippen LogP contribution in [0.4, 0.5) is 0 Å². The van der Waals surface area contributed by atoms with Crippen molar-refractivity contribution in [2.45, 2.75) is 12.6 Å². The van der Waals surface area contributed by atoms with Gasteiger partial charge in [-0.05, 0) is 23.8 Å². The molecule has 2 heterocycles. The summed E-state index contributed by atoms with van der Waals surface area (Å²) >= 11 is 3.57. The van der Waals surface area contributed by atoms with Crippen molar-refractivity contribution in [2.24, 2.45) is 7.05 Å². The number of imidazole rings is 1. The van der Waals surface area contributed by atoms with Crippen molar-refractivity contribution < 1.29 is 5.11 Å². The van der Waals surface area contributed by atoms with E-state index < -0.39 is 0 Å². The van der Waals surface area contributed by atoms with Crippen molar-refractivity contribution in [3.8, 4) is 5.75 Å². The molecular formula is C15H19BrN4O. The van der Waals surface area contributed by atoms with Crippen molar-refractivity contribution in [1.29, 1.82) is 0 Å². The van der Waals surface area contributed by atoms with E-state index in [9.17, 15) is 5.11 Å². The first-order valence-electron chi connectivity index (χ1n) is 7.04. The molecule has 1 atom stereocenters. The molecule has 1 saturated heterocycles. The van der Waals surface area contributed by atoms with Crippen LogP contribution >= 0.6 is 15.9 Å². The molecule has 1 aromatic heterocycles. The molecule has 0 bridgehead atoms. The summed E-state index contributed by atoms with van der Waals surface area (Å²) in [4.78, 5) is 6.89. The van der Waals surface area contributed by atoms with Crippen LogP contribution in [-0.2, 0) is 13.6 Å². The molecule has 3 rings (SSSR count). The Bertz CT molecular complexity index is 628. The Balaban J connectivity index is 1.85. The lowest BCUT2D eigenvalue weighted by molar-refractivity contribution is 0.144. The third-order valence-corrected chi connectivity index (χ3v) is 4.69. The van der Waals surface area contributed by atoms with Crippen molar-refractivity contribution >= 4 is 15.9 Å². The number of aromatic nitrogens is 2. The molecule has 1 aromatic carbocycles. The number of halogens is 1. The van der Waals surface area contributed by atoms with Crippen LogP contribution in [0, 0.1) is 0 Å². The van der Waals surface area contributed by atoms with Crippen LogP contribution in [0.2, 0.25) is 0 Å². The fourth-order valence-electron chi connectivity index (χ4n) is 2.79. The standard InChI is InChI=1S/C15H19BrN4O/c1-19-6-5-18-15(19)14-9-17-4-7-20(14)10-11-8-12(21)2-3-13(11)16/h2-3,5-6,8,14,17,21H,4,7,9-10H2,1H3. The number of aryl methyl sites for hydroxylation is 1. The predicted molar refractivity (Wildman–Crippen MR) is 85.0 cm³/mol. The van der Waals surface area contributed by atoms with E-state index in [2.05, 4.69) is 35.7 Å². The number of nitrogens with zero attached hydrogens (tertiary/aromatic N) is 3. The van der Waals surface area contributed by atoms with Gasteiger partial charge in [0.1, 0.15) is 11.6 Å². The minimum atomic E-state index is 0.244. The summed E-state index contributed by atoms with van der Waals surface area (Å²) in [6, 6.07) is 5.65. The highest BCUT2D eigenvalue weighted by molar-refractivity contribution is 9.10. The summed E-state index contributed by atoms with van der Waals surface area (Å²) in [6.45, 7) is 3.60. The molecule has 6 heteroatoms. The summed E-state index contributed by atoms with van der Waals surface area (Å²) in [7, 11) is 2.03. The molecule has 1 aliphatic heterocycles. The van der Waals surface area contributed by atoms with E-state index in [0.717, 1.165) is 42.0 Å². The lowest BCUT2D eigenvalue weighted by atomic mass is 10.1. The minimum Gasteiger partial charge on any atom is -0.508 e. The molecule has 0 amide bonds. The monoisotopic (exact) mass is 350 g/mol. The Labute approximate surface area is 132 Å². The summed E-state index contributed by atoms with van der Waals surface area (Å²) in [5.74, 6) is 1.37. The first kappa shape index (κ1) is 14.6. The Kier molecular flexibility index (Phi) is 4.28. The summed E-state index contributed by atoms with van der Waals surface area (Å²) < 4.78 is 3.10. The van der Waals surface area contributed by atoms with Crippen LogP contribution in [0.25, 0.3) is 0 Å². The average Bonchev–Trinajstić information content (AvgIpc) is 2.90. The number of benzene rings is 1. The van der Waals surface area contributed by atoms with Gasteiger partial charge in [-0.25, -0.2) is 4.98 Å². The lowest BCUT2D eigenvalue weighted by Crippen LogP contribution is -2.46. The third kappa shape index (κ3) is 3.12. The van der Waals surface area contributed by atoms with Gasteiger partial charge in [-0.2, -0.15) is 0 Å². The van der Waals surface area contributed by atoms with E-state index in [0.29, 0.717) is 5.75 Å². The maximum absolute atomic E-state index is 9.69. The Morgan fingerprint density at radius 3 is 3.10 bits per heavy atom. The lowest BCUT2D eigenvalue weighted by Gasteiger charge is -2.36. The van der Waals surface area contributed by atoms with Gasteiger partial charge in [0.2, 0.25) is 0 Å².